The predicted molar refractivity (Wildman–Crippen MR) is 139 cm³/mol. The van der Waals surface area contributed by atoms with Crippen LogP contribution >= 0.6 is 23.1 Å². The van der Waals surface area contributed by atoms with Gasteiger partial charge in [-0.1, -0.05) is 23.9 Å². The number of aromatic nitrogens is 3. The fourth-order valence-electron chi connectivity index (χ4n) is 4.18. The first-order valence-electron chi connectivity index (χ1n) is 11.7. The molecule has 11 heteroatoms. The van der Waals surface area contributed by atoms with Crippen LogP contribution in [-0.2, 0) is 35.9 Å². The third-order valence-electron chi connectivity index (χ3n) is 6.03. The summed E-state index contributed by atoms with van der Waals surface area (Å²) >= 11 is 2.77. The minimum absolute atomic E-state index is 0.129. The summed E-state index contributed by atoms with van der Waals surface area (Å²) in [6.45, 7) is 1.85. The molecule has 36 heavy (non-hydrogen) atoms. The van der Waals surface area contributed by atoms with E-state index in [1.54, 1.807) is 11.7 Å². The third-order valence-corrected chi connectivity index (χ3v) is 8.25. The Labute approximate surface area is 218 Å². The Morgan fingerprint density at radius 2 is 1.97 bits per heavy atom. The molecule has 0 radical (unpaired) electrons. The highest BCUT2D eigenvalue weighted by atomic mass is 32.2. The molecule has 0 aliphatic heterocycles. The van der Waals surface area contributed by atoms with Gasteiger partial charge in [-0.25, -0.2) is 0 Å². The van der Waals surface area contributed by atoms with Gasteiger partial charge in [-0.3, -0.25) is 9.59 Å². The first-order chi connectivity index (χ1) is 17.4. The van der Waals surface area contributed by atoms with E-state index in [-0.39, 0.29) is 30.0 Å². The van der Waals surface area contributed by atoms with Crippen LogP contribution in [0.1, 0.15) is 53.2 Å². The van der Waals surface area contributed by atoms with Gasteiger partial charge in [0.15, 0.2) is 11.0 Å². The second-order valence-corrected chi connectivity index (χ2v) is 10.6. The molecule has 0 spiro atoms. The van der Waals surface area contributed by atoms with Crippen LogP contribution in [0.5, 0.6) is 5.75 Å². The number of methoxy groups -OCH3 is 1. The molecule has 2 aromatic heterocycles. The van der Waals surface area contributed by atoms with Gasteiger partial charge < -0.3 is 19.9 Å². The van der Waals surface area contributed by atoms with Crippen LogP contribution in [0.3, 0.4) is 0 Å². The molecule has 0 fully saturated rings. The van der Waals surface area contributed by atoms with Crippen molar-refractivity contribution < 1.29 is 14.3 Å². The minimum Gasteiger partial charge on any atom is -0.497 e. The van der Waals surface area contributed by atoms with Gasteiger partial charge in [-0.2, -0.15) is 5.26 Å². The molecule has 0 saturated heterocycles. The predicted octanol–water partition coefficient (Wildman–Crippen LogP) is 3.79. The molecule has 2 amide bonds. The van der Waals surface area contributed by atoms with Crippen molar-refractivity contribution in [3.8, 4) is 11.8 Å². The van der Waals surface area contributed by atoms with Crippen molar-refractivity contribution in [3.63, 3.8) is 0 Å². The molecule has 188 valence electrons. The Kier molecular flexibility index (Phi) is 8.28. The Bertz CT molecular complexity index is 1290. The van der Waals surface area contributed by atoms with E-state index < -0.39 is 0 Å². The first-order valence-corrected chi connectivity index (χ1v) is 13.5. The van der Waals surface area contributed by atoms with E-state index >= 15 is 0 Å². The summed E-state index contributed by atoms with van der Waals surface area (Å²) in [6.07, 6.45) is 4.31. The lowest BCUT2D eigenvalue weighted by atomic mass is 9.96. The van der Waals surface area contributed by atoms with Crippen LogP contribution in [0.4, 0.5) is 5.00 Å². The van der Waals surface area contributed by atoms with Gasteiger partial charge in [0.25, 0.3) is 0 Å². The molecule has 3 aromatic rings. The van der Waals surface area contributed by atoms with Crippen molar-refractivity contribution in [1.29, 1.82) is 5.26 Å². The van der Waals surface area contributed by atoms with E-state index in [1.807, 2.05) is 38.2 Å². The summed E-state index contributed by atoms with van der Waals surface area (Å²) in [5, 5.41) is 25.1. The maximum absolute atomic E-state index is 12.6. The van der Waals surface area contributed by atoms with Crippen LogP contribution < -0.4 is 15.4 Å². The number of hydrogen-bond acceptors (Lipinski definition) is 8. The number of anilines is 1. The number of rotatable bonds is 9. The summed E-state index contributed by atoms with van der Waals surface area (Å²) < 4.78 is 6.92. The Morgan fingerprint density at radius 1 is 1.22 bits per heavy atom. The van der Waals surface area contributed by atoms with Crippen molar-refractivity contribution in [2.45, 2.75) is 50.2 Å². The molecule has 9 nitrogen and oxygen atoms in total. The van der Waals surface area contributed by atoms with Crippen molar-refractivity contribution >= 4 is 39.9 Å². The topological polar surface area (TPSA) is 122 Å². The summed E-state index contributed by atoms with van der Waals surface area (Å²) in [5.41, 5.74) is 2.58. The second-order valence-electron chi connectivity index (χ2n) is 8.58. The number of amides is 2. The fraction of sp³-hybridized carbons (Fsp3) is 0.400. The number of ether oxygens (including phenoxy) is 1. The minimum atomic E-state index is -0.355. The average molecular weight is 525 g/mol. The number of thioether (sulfide) groups is 1. The van der Waals surface area contributed by atoms with Crippen molar-refractivity contribution in [1.82, 2.24) is 20.1 Å². The standard InChI is InChI=1S/C25H28N6O3S2/c1-15(27-21(32)12-16-8-10-17(34-3)11-9-16)23-29-30-25(31(23)2)35-14-22(33)28-24-19(13-26)18-6-4-5-7-20(18)36-24/h8-11,15H,4-7,12,14H2,1-3H3,(H,27,32)(H,28,33)/t15-/m1/s1. The third kappa shape index (κ3) is 5.88. The Balaban J connectivity index is 1.31. The molecular formula is C25H28N6O3S2. The zero-order valence-electron chi connectivity index (χ0n) is 20.5. The number of nitriles is 1. The van der Waals surface area contributed by atoms with E-state index in [0.717, 1.165) is 42.6 Å². The maximum Gasteiger partial charge on any atom is 0.235 e. The number of carbonyl (C=O) groups is 2. The molecule has 0 saturated carbocycles. The fourth-order valence-corrected chi connectivity index (χ4v) is 6.15. The average Bonchev–Trinajstić information content (AvgIpc) is 3.42. The van der Waals surface area contributed by atoms with Crippen molar-refractivity contribution in [2.75, 3.05) is 18.2 Å². The van der Waals surface area contributed by atoms with Gasteiger partial charge in [-0.15, -0.1) is 21.5 Å². The monoisotopic (exact) mass is 524 g/mol. The number of carbonyl (C=O) groups excluding carboxylic acids is 2. The summed E-state index contributed by atoms with van der Waals surface area (Å²) in [5.74, 6) is 1.15. The molecule has 2 N–H and O–H groups in total. The zero-order chi connectivity index (χ0) is 25.7. The van der Waals surface area contributed by atoms with E-state index in [1.165, 1.54) is 28.0 Å². The zero-order valence-corrected chi connectivity index (χ0v) is 22.1. The smallest absolute Gasteiger partial charge is 0.235 e. The van der Waals surface area contributed by atoms with Crippen LogP contribution in [0.15, 0.2) is 29.4 Å². The van der Waals surface area contributed by atoms with E-state index in [0.29, 0.717) is 21.5 Å². The Morgan fingerprint density at radius 3 is 2.69 bits per heavy atom. The van der Waals surface area contributed by atoms with E-state index in [2.05, 4.69) is 26.9 Å². The van der Waals surface area contributed by atoms with Crippen LogP contribution in [0, 0.1) is 11.3 Å². The number of thiophene rings is 1. The van der Waals surface area contributed by atoms with Gasteiger partial charge >= 0.3 is 0 Å². The summed E-state index contributed by atoms with van der Waals surface area (Å²) in [7, 11) is 3.41. The lowest BCUT2D eigenvalue weighted by molar-refractivity contribution is -0.121. The van der Waals surface area contributed by atoms with Crippen LogP contribution in [0.2, 0.25) is 0 Å². The largest absolute Gasteiger partial charge is 0.497 e. The first kappa shape index (κ1) is 25.7. The second kappa shape index (κ2) is 11.6. The quantitative estimate of drug-likeness (QED) is 0.409. The number of nitrogens with zero attached hydrogens (tertiary/aromatic N) is 4. The molecule has 1 atom stereocenters. The molecule has 1 aliphatic carbocycles. The lowest BCUT2D eigenvalue weighted by Crippen LogP contribution is -2.29. The van der Waals surface area contributed by atoms with Gasteiger partial charge in [-0.05, 0) is 55.9 Å². The number of aryl methyl sites for hydroxylation is 1. The van der Waals surface area contributed by atoms with Gasteiger partial charge in [0.2, 0.25) is 11.8 Å². The highest BCUT2D eigenvalue weighted by Gasteiger charge is 2.23. The number of hydrogen-bond donors (Lipinski definition) is 2. The summed E-state index contributed by atoms with van der Waals surface area (Å²) in [6, 6.07) is 9.27. The van der Waals surface area contributed by atoms with Crippen LogP contribution in [0.25, 0.3) is 0 Å². The molecule has 1 aromatic carbocycles. The van der Waals surface area contributed by atoms with Gasteiger partial charge in [0.05, 0.1) is 30.9 Å². The maximum atomic E-state index is 12.6. The molecular weight excluding hydrogens is 496 g/mol. The molecule has 0 unspecified atom stereocenters. The lowest BCUT2D eigenvalue weighted by Gasteiger charge is -2.14. The van der Waals surface area contributed by atoms with Crippen LogP contribution in [-0.4, -0.2) is 39.4 Å². The molecule has 1 aliphatic rings. The molecule has 2 heterocycles. The van der Waals surface area contributed by atoms with Crippen molar-refractivity contribution in [2.24, 2.45) is 7.05 Å². The number of nitrogens with one attached hydrogen (secondary N) is 2. The number of benzene rings is 1. The highest BCUT2D eigenvalue weighted by Crippen LogP contribution is 2.37. The van der Waals surface area contributed by atoms with Gasteiger partial charge in [0.1, 0.15) is 16.8 Å². The molecule has 4 rings (SSSR count). The Hall–Kier alpha value is -3.36. The normalized spacial score (nSPS) is 13.4. The van der Waals surface area contributed by atoms with E-state index in [9.17, 15) is 14.9 Å². The summed E-state index contributed by atoms with van der Waals surface area (Å²) in [4.78, 5) is 26.3. The SMILES string of the molecule is COc1ccc(CC(=O)N[C@H](C)c2nnc(SCC(=O)Nc3sc4c(c3C#N)CCCC4)n2C)cc1. The van der Waals surface area contributed by atoms with Crippen molar-refractivity contribution in [3.05, 3.63) is 51.7 Å². The number of fused-ring (bicyclic) bond motifs is 1. The molecule has 0 bridgehead atoms. The van der Waals surface area contributed by atoms with E-state index in [4.69, 9.17) is 4.74 Å². The highest BCUT2D eigenvalue weighted by molar-refractivity contribution is 7.99. The van der Waals surface area contributed by atoms with Gasteiger partial charge in [0, 0.05) is 11.9 Å².